The number of thiazole rings is 1. The highest BCUT2D eigenvalue weighted by molar-refractivity contribution is 7.11. The molecule has 5 heteroatoms. The summed E-state index contributed by atoms with van der Waals surface area (Å²) in [4.78, 5) is 5.50. The van der Waals surface area contributed by atoms with E-state index >= 15 is 0 Å². The van der Waals surface area contributed by atoms with Gasteiger partial charge in [-0.15, -0.1) is 11.3 Å². The second kappa shape index (κ2) is 5.61. The molecule has 1 aromatic rings. The molecular weight excluding hydrogens is 254 g/mol. The Morgan fingerprint density at radius 3 is 3.00 bits per heavy atom. The Kier molecular flexibility index (Phi) is 4.33. The molecule has 18 heavy (non-hydrogen) atoms. The third-order valence-electron chi connectivity index (χ3n) is 3.46. The van der Waals surface area contributed by atoms with Crippen LogP contribution in [0.4, 0.5) is 8.78 Å². The highest BCUT2D eigenvalue weighted by atomic mass is 32.1. The zero-order valence-electron chi connectivity index (χ0n) is 10.9. The summed E-state index contributed by atoms with van der Waals surface area (Å²) in [6, 6.07) is 0.152. The molecular formula is C13H20F2N2S. The first kappa shape index (κ1) is 13.9. The minimum atomic E-state index is -2.45. The van der Waals surface area contributed by atoms with E-state index in [1.165, 1.54) is 4.88 Å². The van der Waals surface area contributed by atoms with E-state index in [1.807, 2.05) is 20.0 Å². The third-order valence-corrected chi connectivity index (χ3v) is 4.56. The van der Waals surface area contributed by atoms with Crippen molar-refractivity contribution in [3.63, 3.8) is 0 Å². The molecule has 0 saturated heterocycles. The first-order valence-corrected chi connectivity index (χ1v) is 7.31. The van der Waals surface area contributed by atoms with Gasteiger partial charge in [-0.2, -0.15) is 0 Å². The van der Waals surface area contributed by atoms with E-state index < -0.39 is 5.92 Å². The van der Waals surface area contributed by atoms with Crippen molar-refractivity contribution in [2.75, 3.05) is 6.54 Å². The molecule has 0 aromatic carbocycles. The van der Waals surface area contributed by atoms with Crippen molar-refractivity contribution in [2.45, 2.75) is 51.5 Å². The predicted molar refractivity (Wildman–Crippen MR) is 70.2 cm³/mol. The lowest BCUT2D eigenvalue weighted by atomic mass is 9.86. The number of aryl methyl sites for hydroxylation is 1. The minimum Gasteiger partial charge on any atom is -0.308 e. The summed E-state index contributed by atoms with van der Waals surface area (Å²) >= 11 is 1.66. The van der Waals surface area contributed by atoms with Crippen LogP contribution in [0.2, 0.25) is 0 Å². The van der Waals surface area contributed by atoms with Crippen LogP contribution in [0.15, 0.2) is 6.20 Å². The molecule has 2 unspecified atom stereocenters. The lowest BCUT2D eigenvalue weighted by molar-refractivity contribution is -0.0522. The molecule has 1 aliphatic rings. The molecule has 0 spiro atoms. The Morgan fingerprint density at radius 1 is 1.61 bits per heavy atom. The molecule has 2 nitrogen and oxygen atoms in total. The molecule has 1 aromatic heterocycles. The van der Waals surface area contributed by atoms with Crippen molar-refractivity contribution in [1.29, 1.82) is 0 Å². The Hall–Kier alpha value is -0.550. The van der Waals surface area contributed by atoms with Crippen molar-refractivity contribution >= 4 is 11.3 Å². The van der Waals surface area contributed by atoms with E-state index in [4.69, 9.17) is 0 Å². The number of aromatic nitrogens is 1. The molecule has 0 aliphatic heterocycles. The van der Waals surface area contributed by atoms with Crippen LogP contribution in [-0.4, -0.2) is 17.5 Å². The monoisotopic (exact) mass is 274 g/mol. The molecule has 0 radical (unpaired) electrons. The fourth-order valence-corrected chi connectivity index (χ4v) is 3.25. The summed E-state index contributed by atoms with van der Waals surface area (Å²) in [5.74, 6) is -2.36. The van der Waals surface area contributed by atoms with Gasteiger partial charge in [0.15, 0.2) is 0 Å². The molecule has 1 aliphatic carbocycles. The maximum absolute atomic E-state index is 13.3. The van der Waals surface area contributed by atoms with Gasteiger partial charge in [-0.3, -0.25) is 0 Å². The maximum atomic E-state index is 13.3. The van der Waals surface area contributed by atoms with Gasteiger partial charge in [0.2, 0.25) is 5.92 Å². The highest BCUT2D eigenvalue weighted by Gasteiger charge is 2.36. The molecule has 2 atom stereocenters. The summed E-state index contributed by atoms with van der Waals surface area (Å²) in [5.41, 5.74) is 0. The van der Waals surface area contributed by atoms with Crippen LogP contribution in [0.25, 0.3) is 0 Å². The number of alkyl halides is 2. The number of nitrogens with one attached hydrogen (secondary N) is 1. The summed E-state index contributed by atoms with van der Waals surface area (Å²) < 4.78 is 26.5. The number of rotatable bonds is 4. The van der Waals surface area contributed by atoms with Gasteiger partial charge in [0.05, 0.1) is 6.04 Å². The van der Waals surface area contributed by atoms with Gasteiger partial charge in [0.1, 0.15) is 5.01 Å². The van der Waals surface area contributed by atoms with E-state index in [9.17, 15) is 8.78 Å². The van der Waals surface area contributed by atoms with Gasteiger partial charge in [-0.05, 0) is 39.2 Å². The van der Waals surface area contributed by atoms with Crippen LogP contribution in [0, 0.1) is 12.8 Å². The van der Waals surface area contributed by atoms with Crippen LogP contribution < -0.4 is 5.32 Å². The van der Waals surface area contributed by atoms with Gasteiger partial charge in [-0.1, -0.05) is 0 Å². The Bertz CT molecular complexity index is 392. The fourth-order valence-electron chi connectivity index (χ4n) is 2.45. The van der Waals surface area contributed by atoms with Crippen LogP contribution in [0.1, 0.15) is 48.5 Å². The Balaban J connectivity index is 1.81. The van der Waals surface area contributed by atoms with E-state index in [2.05, 4.69) is 10.3 Å². The van der Waals surface area contributed by atoms with Crippen molar-refractivity contribution in [3.8, 4) is 0 Å². The van der Waals surface area contributed by atoms with Crippen LogP contribution in [0.3, 0.4) is 0 Å². The molecule has 0 bridgehead atoms. The standard InChI is InChI=1S/C13H20F2N2S/c1-9-7-17-12(18-9)10(2)16-8-11-4-3-5-13(14,15)6-11/h7,10-11,16H,3-6,8H2,1-2H3. The average molecular weight is 274 g/mol. The van der Waals surface area contributed by atoms with Crippen molar-refractivity contribution in [1.82, 2.24) is 10.3 Å². The van der Waals surface area contributed by atoms with Crippen molar-refractivity contribution < 1.29 is 8.78 Å². The molecule has 1 heterocycles. The van der Waals surface area contributed by atoms with E-state index in [0.717, 1.165) is 11.4 Å². The van der Waals surface area contributed by atoms with E-state index in [0.29, 0.717) is 13.0 Å². The second-order valence-electron chi connectivity index (χ2n) is 5.26. The zero-order valence-corrected chi connectivity index (χ0v) is 11.7. The van der Waals surface area contributed by atoms with Crippen molar-refractivity contribution in [2.24, 2.45) is 5.92 Å². The first-order valence-electron chi connectivity index (χ1n) is 6.50. The SMILES string of the molecule is Cc1cnc(C(C)NCC2CCCC(F)(F)C2)s1. The number of hydrogen-bond donors (Lipinski definition) is 1. The molecule has 0 amide bonds. The van der Waals surface area contributed by atoms with Gasteiger partial charge < -0.3 is 5.32 Å². The summed E-state index contributed by atoms with van der Waals surface area (Å²) in [6.07, 6.45) is 3.50. The van der Waals surface area contributed by atoms with Crippen molar-refractivity contribution in [3.05, 3.63) is 16.1 Å². The quantitative estimate of drug-likeness (QED) is 0.900. The third kappa shape index (κ3) is 3.72. The van der Waals surface area contributed by atoms with Crippen LogP contribution >= 0.6 is 11.3 Å². The van der Waals surface area contributed by atoms with Crippen LogP contribution in [0.5, 0.6) is 0 Å². The summed E-state index contributed by atoms with van der Waals surface area (Å²) in [6.45, 7) is 4.73. The van der Waals surface area contributed by atoms with Gasteiger partial charge >= 0.3 is 0 Å². The molecule has 102 valence electrons. The normalized spacial score (nSPS) is 25.0. The maximum Gasteiger partial charge on any atom is 0.248 e. The molecule has 1 N–H and O–H groups in total. The van der Waals surface area contributed by atoms with Crippen LogP contribution in [-0.2, 0) is 0 Å². The van der Waals surface area contributed by atoms with E-state index in [-0.39, 0.29) is 24.8 Å². The smallest absolute Gasteiger partial charge is 0.248 e. The second-order valence-corrected chi connectivity index (χ2v) is 6.52. The summed E-state index contributed by atoms with van der Waals surface area (Å²) in [5, 5.41) is 4.37. The molecule has 2 rings (SSSR count). The minimum absolute atomic E-state index is 0.0314. The Labute approximate surface area is 111 Å². The first-order chi connectivity index (χ1) is 8.46. The fraction of sp³-hybridized carbons (Fsp3) is 0.769. The number of hydrogen-bond acceptors (Lipinski definition) is 3. The van der Waals surface area contributed by atoms with Gasteiger partial charge in [-0.25, -0.2) is 13.8 Å². The average Bonchev–Trinajstić information content (AvgIpc) is 2.71. The van der Waals surface area contributed by atoms with Gasteiger partial charge in [0, 0.05) is 23.9 Å². The predicted octanol–water partition coefficient (Wildman–Crippen LogP) is 3.93. The molecule has 1 saturated carbocycles. The number of halogens is 2. The largest absolute Gasteiger partial charge is 0.308 e. The zero-order chi connectivity index (χ0) is 13.2. The topological polar surface area (TPSA) is 24.9 Å². The lowest BCUT2D eigenvalue weighted by Crippen LogP contribution is -2.33. The lowest BCUT2D eigenvalue weighted by Gasteiger charge is -2.29. The highest BCUT2D eigenvalue weighted by Crippen LogP contribution is 2.36. The molecule has 1 fully saturated rings. The number of nitrogens with zero attached hydrogens (tertiary/aromatic N) is 1. The summed E-state index contributed by atoms with van der Waals surface area (Å²) in [7, 11) is 0. The van der Waals surface area contributed by atoms with E-state index in [1.54, 1.807) is 11.3 Å². The van der Waals surface area contributed by atoms with Gasteiger partial charge in [0.25, 0.3) is 0 Å². The Morgan fingerprint density at radius 2 is 2.39 bits per heavy atom.